The molecule has 0 N–H and O–H groups in total. The summed E-state index contributed by atoms with van der Waals surface area (Å²) in [6, 6.07) is 0.579. The summed E-state index contributed by atoms with van der Waals surface area (Å²) in [5, 5.41) is 0. The maximum atomic E-state index is 12.7. The second-order valence-electron chi connectivity index (χ2n) is 6.83. The molecule has 0 spiro atoms. The van der Waals surface area contributed by atoms with E-state index in [1.807, 2.05) is 25.3 Å². The Labute approximate surface area is 152 Å². The first kappa shape index (κ1) is 19.8. The molecule has 8 nitrogen and oxygen atoms in total. The molecule has 1 aliphatic rings. The van der Waals surface area contributed by atoms with Gasteiger partial charge in [0.1, 0.15) is 0 Å². The standard InChI is InChI=1S/C18H25N3O5/c1-10(2)20-17(24)16(23)19(18(20)25)8-15(22)14-7-11(3)21(13(14)5)12(4)9-26-6/h7,10,12H,8-9H2,1-6H3. The van der Waals surface area contributed by atoms with Gasteiger partial charge >= 0.3 is 17.8 Å². The number of imide groups is 2. The molecular formula is C18H25N3O5. The average molecular weight is 363 g/mol. The SMILES string of the molecule is COCC(C)n1c(C)cc(C(=O)CN2C(=O)C(=O)N(C(C)C)C2=O)c1C. The van der Waals surface area contributed by atoms with Crippen molar-refractivity contribution in [2.24, 2.45) is 0 Å². The first-order valence-corrected chi connectivity index (χ1v) is 8.51. The van der Waals surface area contributed by atoms with Crippen LogP contribution in [0.2, 0.25) is 0 Å². The molecule has 0 bridgehead atoms. The van der Waals surface area contributed by atoms with Gasteiger partial charge in [-0.15, -0.1) is 0 Å². The second-order valence-corrected chi connectivity index (χ2v) is 6.83. The maximum Gasteiger partial charge on any atom is 0.334 e. The van der Waals surface area contributed by atoms with E-state index in [1.165, 1.54) is 0 Å². The van der Waals surface area contributed by atoms with Gasteiger partial charge in [-0.1, -0.05) is 0 Å². The summed E-state index contributed by atoms with van der Waals surface area (Å²) in [6.45, 7) is 8.99. The van der Waals surface area contributed by atoms with Crippen LogP contribution in [0.4, 0.5) is 4.79 Å². The number of ether oxygens (including phenoxy) is 1. The molecule has 26 heavy (non-hydrogen) atoms. The third-order valence-electron chi connectivity index (χ3n) is 4.54. The van der Waals surface area contributed by atoms with Crippen molar-refractivity contribution in [2.75, 3.05) is 20.3 Å². The number of Topliss-reactive ketones (excluding diaryl/α,β-unsaturated/α-hetero) is 1. The fraction of sp³-hybridized carbons (Fsp3) is 0.556. The van der Waals surface area contributed by atoms with Crippen molar-refractivity contribution in [2.45, 2.75) is 46.7 Å². The monoisotopic (exact) mass is 363 g/mol. The number of aryl methyl sites for hydroxylation is 1. The molecule has 1 aromatic rings. The molecule has 2 rings (SSSR count). The minimum atomic E-state index is -0.960. The van der Waals surface area contributed by atoms with Crippen molar-refractivity contribution in [1.29, 1.82) is 0 Å². The lowest BCUT2D eigenvalue weighted by atomic mass is 10.1. The highest BCUT2D eigenvalue weighted by atomic mass is 16.5. The lowest BCUT2D eigenvalue weighted by Crippen LogP contribution is -2.39. The number of methoxy groups -OCH3 is 1. The number of urea groups is 1. The Balaban J connectivity index is 2.26. The number of hydrogen-bond acceptors (Lipinski definition) is 5. The summed E-state index contributed by atoms with van der Waals surface area (Å²) >= 11 is 0. The smallest absolute Gasteiger partial charge is 0.334 e. The van der Waals surface area contributed by atoms with Crippen molar-refractivity contribution >= 4 is 23.6 Å². The highest BCUT2D eigenvalue weighted by molar-refractivity contribution is 6.45. The Morgan fingerprint density at radius 2 is 1.73 bits per heavy atom. The normalized spacial score (nSPS) is 16.2. The third-order valence-corrected chi connectivity index (χ3v) is 4.54. The molecule has 2 heterocycles. The van der Waals surface area contributed by atoms with Crippen molar-refractivity contribution < 1.29 is 23.9 Å². The molecule has 1 atom stereocenters. The highest BCUT2D eigenvalue weighted by Gasteiger charge is 2.46. The molecule has 0 saturated carbocycles. The van der Waals surface area contributed by atoms with Crippen LogP contribution in [-0.2, 0) is 14.3 Å². The molecule has 0 aromatic carbocycles. The Hall–Kier alpha value is -2.48. The summed E-state index contributed by atoms with van der Waals surface area (Å²) in [5.41, 5.74) is 2.05. The summed E-state index contributed by atoms with van der Waals surface area (Å²) in [5.74, 6) is -2.23. The number of aromatic nitrogens is 1. The van der Waals surface area contributed by atoms with Crippen molar-refractivity contribution in [3.05, 3.63) is 23.0 Å². The molecule has 0 radical (unpaired) electrons. The summed E-state index contributed by atoms with van der Waals surface area (Å²) in [7, 11) is 1.61. The Kier molecular flexibility index (Phi) is 5.65. The van der Waals surface area contributed by atoms with Gasteiger partial charge in [-0.05, 0) is 40.7 Å². The van der Waals surface area contributed by atoms with E-state index in [4.69, 9.17) is 4.74 Å². The number of carbonyl (C=O) groups excluding carboxylic acids is 4. The number of hydrogen-bond donors (Lipinski definition) is 0. The topological polar surface area (TPSA) is 88.9 Å². The first-order valence-electron chi connectivity index (χ1n) is 8.51. The lowest BCUT2D eigenvalue weighted by molar-refractivity contribution is -0.143. The predicted molar refractivity (Wildman–Crippen MR) is 93.9 cm³/mol. The van der Waals surface area contributed by atoms with Gasteiger partial charge < -0.3 is 9.30 Å². The van der Waals surface area contributed by atoms with Crippen LogP contribution in [0.15, 0.2) is 6.07 Å². The van der Waals surface area contributed by atoms with Gasteiger partial charge in [0.2, 0.25) is 0 Å². The van der Waals surface area contributed by atoms with Gasteiger partial charge in [-0.2, -0.15) is 0 Å². The van der Waals surface area contributed by atoms with Crippen LogP contribution in [0, 0.1) is 13.8 Å². The number of amides is 4. The third kappa shape index (κ3) is 3.29. The Bertz CT molecular complexity index is 765. The summed E-state index contributed by atoms with van der Waals surface area (Å²) in [4.78, 5) is 50.7. The fourth-order valence-corrected chi connectivity index (χ4v) is 3.40. The van der Waals surface area contributed by atoms with Crippen molar-refractivity contribution in [3.63, 3.8) is 0 Å². The molecule has 4 amide bonds. The lowest BCUT2D eigenvalue weighted by Gasteiger charge is -2.19. The van der Waals surface area contributed by atoms with Crippen LogP contribution in [0.5, 0.6) is 0 Å². The largest absolute Gasteiger partial charge is 0.383 e. The Morgan fingerprint density at radius 1 is 1.12 bits per heavy atom. The first-order chi connectivity index (χ1) is 12.1. The summed E-state index contributed by atoms with van der Waals surface area (Å²) in [6.07, 6.45) is 0. The summed E-state index contributed by atoms with van der Waals surface area (Å²) < 4.78 is 7.16. The van der Waals surface area contributed by atoms with Gasteiger partial charge in [0, 0.05) is 30.1 Å². The van der Waals surface area contributed by atoms with E-state index in [-0.39, 0.29) is 11.8 Å². The van der Waals surface area contributed by atoms with E-state index in [1.54, 1.807) is 27.0 Å². The minimum Gasteiger partial charge on any atom is -0.383 e. The zero-order chi connectivity index (χ0) is 19.8. The van der Waals surface area contributed by atoms with E-state index < -0.39 is 30.4 Å². The fourth-order valence-electron chi connectivity index (χ4n) is 3.40. The van der Waals surface area contributed by atoms with Crippen LogP contribution >= 0.6 is 0 Å². The van der Waals surface area contributed by atoms with Gasteiger partial charge in [-0.25, -0.2) is 9.69 Å². The molecular weight excluding hydrogens is 338 g/mol. The molecule has 1 aliphatic heterocycles. The Morgan fingerprint density at radius 3 is 2.23 bits per heavy atom. The van der Waals surface area contributed by atoms with Gasteiger partial charge in [0.15, 0.2) is 5.78 Å². The maximum absolute atomic E-state index is 12.7. The molecule has 8 heteroatoms. The zero-order valence-electron chi connectivity index (χ0n) is 16.0. The van der Waals surface area contributed by atoms with E-state index in [9.17, 15) is 19.2 Å². The quantitative estimate of drug-likeness (QED) is 0.418. The predicted octanol–water partition coefficient (Wildman–Crippen LogP) is 1.69. The number of ketones is 1. The van der Waals surface area contributed by atoms with Crippen LogP contribution in [-0.4, -0.2) is 64.3 Å². The van der Waals surface area contributed by atoms with Crippen LogP contribution in [0.3, 0.4) is 0 Å². The molecule has 142 valence electrons. The average Bonchev–Trinajstić information content (AvgIpc) is 2.96. The van der Waals surface area contributed by atoms with E-state index in [2.05, 4.69) is 0 Å². The van der Waals surface area contributed by atoms with Gasteiger partial charge in [0.25, 0.3) is 0 Å². The molecule has 1 unspecified atom stereocenters. The highest BCUT2D eigenvalue weighted by Crippen LogP contribution is 2.22. The van der Waals surface area contributed by atoms with Gasteiger partial charge in [-0.3, -0.25) is 19.3 Å². The number of rotatable bonds is 7. The van der Waals surface area contributed by atoms with Crippen LogP contribution in [0.25, 0.3) is 0 Å². The molecule has 0 aliphatic carbocycles. The van der Waals surface area contributed by atoms with Crippen molar-refractivity contribution in [1.82, 2.24) is 14.4 Å². The molecule has 1 fully saturated rings. The number of carbonyl (C=O) groups is 4. The zero-order valence-corrected chi connectivity index (χ0v) is 16.0. The van der Waals surface area contributed by atoms with E-state index >= 15 is 0 Å². The van der Waals surface area contributed by atoms with E-state index in [0.29, 0.717) is 12.2 Å². The number of nitrogens with zero attached hydrogens (tertiary/aromatic N) is 3. The second kappa shape index (κ2) is 7.41. The molecule has 1 saturated heterocycles. The van der Waals surface area contributed by atoms with Crippen LogP contribution < -0.4 is 0 Å². The molecule has 1 aromatic heterocycles. The van der Waals surface area contributed by atoms with E-state index in [0.717, 1.165) is 21.2 Å². The van der Waals surface area contributed by atoms with Gasteiger partial charge in [0.05, 0.1) is 19.2 Å². The van der Waals surface area contributed by atoms with Crippen LogP contribution in [0.1, 0.15) is 48.6 Å². The van der Waals surface area contributed by atoms with Crippen molar-refractivity contribution in [3.8, 4) is 0 Å². The minimum absolute atomic E-state index is 0.0367.